The van der Waals surface area contributed by atoms with Gasteiger partial charge in [-0.15, -0.1) is 45.3 Å². The van der Waals surface area contributed by atoms with Crippen molar-refractivity contribution < 1.29 is 38.0 Å². The lowest BCUT2D eigenvalue weighted by molar-refractivity contribution is -0.0818. The molecule has 53 heavy (non-hydrogen) atoms. The molecule has 0 spiro atoms. The van der Waals surface area contributed by atoms with Gasteiger partial charge in [0.05, 0.1) is 39.4 Å². The topological polar surface area (TPSA) is 99.2 Å². The molecule has 284 valence electrons. The number of hydrogen-bond donors (Lipinski definition) is 0. The number of carbonyl (C=O) groups is 2. The predicted molar refractivity (Wildman–Crippen MR) is 211 cm³/mol. The zero-order chi connectivity index (χ0) is 37.4. The summed E-state index contributed by atoms with van der Waals surface area (Å²) in [7, 11) is 3.84. The van der Waals surface area contributed by atoms with E-state index in [9.17, 15) is 9.59 Å². The highest BCUT2D eigenvalue weighted by Crippen LogP contribution is 2.29. The van der Waals surface area contributed by atoms with Crippen LogP contribution in [-0.2, 0) is 45.1 Å². The molecule has 0 N–H and O–H groups in total. The number of ether oxygens (including phenoxy) is 6. The van der Waals surface area contributed by atoms with Gasteiger partial charge in [-0.25, -0.2) is 9.59 Å². The Morgan fingerprint density at radius 2 is 0.925 bits per heavy atom. The monoisotopic (exact) mass is 799 g/mol. The molecule has 15 heteroatoms. The van der Waals surface area contributed by atoms with E-state index in [2.05, 4.69) is 0 Å². The van der Waals surface area contributed by atoms with E-state index in [-0.39, 0.29) is 26.4 Å². The maximum absolute atomic E-state index is 13.0. The van der Waals surface area contributed by atoms with Crippen molar-refractivity contribution in [1.29, 1.82) is 0 Å². The second-order valence-electron chi connectivity index (χ2n) is 11.9. The van der Waals surface area contributed by atoms with Crippen LogP contribution in [0.15, 0.2) is 88.3 Å². The Morgan fingerprint density at radius 1 is 0.566 bits per heavy atom. The molecule has 5 rings (SSSR count). The molecule has 0 aliphatic heterocycles. The molecule has 2 atom stereocenters. The van der Waals surface area contributed by atoms with Crippen LogP contribution in [0.5, 0.6) is 11.5 Å². The SMILES string of the molecule is CC(OCCOC(=O)N(Cc1cccs1)Cc1cccs1)Oc1cc(OC(C)OCCOC(=O)N(Cc2cccs2)Cc2cccs2)cc(N(C)C)c1. The zero-order valence-corrected chi connectivity index (χ0v) is 33.5. The molecule has 1 aromatic carbocycles. The largest absolute Gasteiger partial charge is 0.465 e. The lowest BCUT2D eigenvalue weighted by atomic mass is 10.2. The van der Waals surface area contributed by atoms with E-state index in [0.717, 1.165) is 25.2 Å². The summed E-state index contributed by atoms with van der Waals surface area (Å²) < 4.78 is 34.9. The van der Waals surface area contributed by atoms with Crippen LogP contribution in [-0.4, -0.2) is 75.1 Å². The van der Waals surface area contributed by atoms with Gasteiger partial charge < -0.3 is 33.3 Å². The number of rotatable bonds is 21. The molecule has 2 unspecified atom stereocenters. The Labute approximate surface area is 326 Å². The number of hydrogen-bond acceptors (Lipinski definition) is 13. The van der Waals surface area contributed by atoms with Crippen LogP contribution in [0.25, 0.3) is 0 Å². The number of carbonyl (C=O) groups excluding carboxylic acids is 2. The molecule has 4 heterocycles. The van der Waals surface area contributed by atoms with Crippen molar-refractivity contribution in [1.82, 2.24) is 9.80 Å². The van der Waals surface area contributed by atoms with Crippen molar-refractivity contribution in [3.05, 3.63) is 108 Å². The first-order chi connectivity index (χ1) is 25.7. The highest BCUT2D eigenvalue weighted by molar-refractivity contribution is 7.10. The molecule has 2 amide bonds. The summed E-state index contributed by atoms with van der Waals surface area (Å²) in [5, 5.41) is 7.98. The second kappa shape index (κ2) is 20.9. The summed E-state index contributed by atoms with van der Waals surface area (Å²) in [6.45, 7) is 5.93. The Morgan fingerprint density at radius 3 is 1.23 bits per heavy atom. The van der Waals surface area contributed by atoms with E-state index < -0.39 is 24.8 Å². The lowest BCUT2D eigenvalue weighted by Gasteiger charge is -2.23. The lowest BCUT2D eigenvalue weighted by Crippen LogP contribution is -2.31. The molecule has 0 aliphatic rings. The number of anilines is 1. The summed E-state index contributed by atoms with van der Waals surface area (Å²) >= 11 is 6.42. The Kier molecular flexibility index (Phi) is 15.8. The second-order valence-corrected chi connectivity index (χ2v) is 16.1. The van der Waals surface area contributed by atoms with Crippen molar-refractivity contribution >= 4 is 63.2 Å². The predicted octanol–water partition coefficient (Wildman–Crippen LogP) is 9.16. The Balaban J connectivity index is 1.05. The minimum absolute atomic E-state index is 0.0788. The van der Waals surface area contributed by atoms with Gasteiger partial charge in [-0.3, -0.25) is 9.80 Å². The normalized spacial score (nSPS) is 12.2. The fourth-order valence-corrected chi connectivity index (χ4v) is 7.88. The van der Waals surface area contributed by atoms with Crippen LogP contribution < -0.4 is 14.4 Å². The van der Waals surface area contributed by atoms with Crippen molar-refractivity contribution in [3.63, 3.8) is 0 Å². The van der Waals surface area contributed by atoms with Gasteiger partial charge in [-0.05, 0) is 59.6 Å². The smallest absolute Gasteiger partial charge is 0.410 e. The van der Waals surface area contributed by atoms with Crippen molar-refractivity contribution in [2.45, 2.75) is 52.6 Å². The molecule has 0 saturated carbocycles. The Bertz CT molecular complexity index is 1570. The number of amides is 2. The van der Waals surface area contributed by atoms with Gasteiger partial charge in [0.1, 0.15) is 24.7 Å². The third-order valence-electron chi connectivity index (χ3n) is 7.53. The molecule has 4 aromatic heterocycles. The number of nitrogens with zero attached hydrogens (tertiary/aromatic N) is 3. The highest BCUT2D eigenvalue weighted by atomic mass is 32.1. The number of benzene rings is 1. The van der Waals surface area contributed by atoms with Crippen LogP contribution in [0.1, 0.15) is 33.4 Å². The third-order valence-corrected chi connectivity index (χ3v) is 11.0. The van der Waals surface area contributed by atoms with Crippen LogP contribution in [0.2, 0.25) is 0 Å². The van der Waals surface area contributed by atoms with Gasteiger partial charge in [-0.1, -0.05) is 24.3 Å². The van der Waals surface area contributed by atoms with E-state index in [1.165, 1.54) is 0 Å². The first-order valence-electron chi connectivity index (χ1n) is 17.0. The van der Waals surface area contributed by atoms with Crippen molar-refractivity contribution in [3.8, 4) is 11.5 Å². The highest BCUT2D eigenvalue weighted by Gasteiger charge is 2.19. The molecule has 0 radical (unpaired) electrons. The average Bonchev–Trinajstić information content (AvgIpc) is 3.98. The summed E-state index contributed by atoms with van der Waals surface area (Å²) in [5.74, 6) is 1.07. The molecular formula is C38H45N3O8S4. The third kappa shape index (κ3) is 13.7. The van der Waals surface area contributed by atoms with Crippen LogP contribution in [0, 0.1) is 0 Å². The summed E-state index contributed by atoms with van der Waals surface area (Å²) in [4.78, 5) is 35.6. The van der Waals surface area contributed by atoms with E-state index >= 15 is 0 Å². The first-order valence-corrected chi connectivity index (χ1v) is 20.6. The van der Waals surface area contributed by atoms with Gasteiger partial charge in [0, 0.05) is 57.5 Å². The van der Waals surface area contributed by atoms with Gasteiger partial charge in [0.2, 0.25) is 0 Å². The maximum Gasteiger partial charge on any atom is 0.410 e. The van der Waals surface area contributed by atoms with Gasteiger partial charge >= 0.3 is 12.2 Å². The van der Waals surface area contributed by atoms with Gasteiger partial charge in [0.25, 0.3) is 0 Å². The van der Waals surface area contributed by atoms with Gasteiger partial charge in [-0.2, -0.15) is 0 Å². The molecule has 0 aliphatic carbocycles. The first kappa shape index (κ1) is 40.1. The van der Waals surface area contributed by atoms with E-state index in [0.29, 0.717) is 37.7 Å². The maximum atomic E-state index is 13.0. The molecule has 0 bridgehead atoms. The quantitative estimate of drug-likeness (QED) is 0.0532. The van der Waals surface area contributed by atoms with E-state index in [1.807, 2.05) is 101 Å². The van der Waals surface area contributed by atoms with Crippen LogP contribution >= 0.6 is 45.3 Å². The molecule has 5 aromatic rings. The van der Waals surface area contributed by atoms with E-state index in [1.54, 1.807) is 75.1 Å². The standard InChI is InChI=1S/C38H45N3O8S4/c1-28(44-13-15-46-37(42)40(24-33-9-5-17-50-33)25-34-10-6-18-51-34)48-31-21-30(39(3)4)22-32(23-31)49-29(2)45-14-16-47-38(43)41(26-35-11-7-19-52-35)27-36-12-8-20-53-36/h5-12,17-23,28-29H,13-16,24-27H2,1-4H3. The fourth-order valence-electron chi connectivity index (χ4n) is 5.00. The Hall–Kier alpha value is -4.12. The minimum atomic E-state index is -0.630. The van der Waals surface area contributed by atoms with Crippen LogP contribution in [0.3, 0.4) is 0 Å². The summed E-state index contributed by atoms with van der Waals surface area (Å²) in [6, 6.07) is 21.4. The fraction of sp³-hybridized carbons (Fsp3) is 0.368. The molecule has 11 nitrogen and oxygen atoms in total. The van der Waals surface area contributed by atoms with Crippen LogP contribution in [0.4, 0.5) is 15.3 Å². The number of thiophene rings is 4. The van der Waals surface area contributed by atoms with Crippen molar-refractivity contribution in [2.24, 2.45) is 0 Å². The minimum Gasteiger partial charge on any atom is -0.465 e. The summed E-state index contributed by atoms with van der Waals surface area (Å²) in [5.41, 5.74) is 0.855. The van der Waals surface area contributed by atoms with E-state index in [4.69, 9.17) is 28.4 Å². The average molecular weight is 800 g/mol. The zero-order valence-electron chi connectivity index (χ0n) is 30.2. The summed E-state index contributed by atoms with van der Waals surface area (Å²) in [6.07, 6.45) is -2.06. The molecular weight excluding hydrogens is 755 g/mol. The van der Waals surface area contributed by atoms with Crippen molar-refractivity contribution in [2.75, 3.05) is 45.4 Å². The molecule has 0 fully saturated rings. The molecule has 0 saturated heterocycles. The van der Waals surface area contributed by atoms with Gasteiger partial charge in [0.15, 0.2) is 12.6 Å².